The molecular formula is C23H31FN4O. The summed E-state index contributed by atoms with van der Waals surface area (Å²) in [5.41, 5.74) is 6.88. The van der Waals surface area contributed by atoms with Gasteiger partial charge in [-0.25, -0.2) is 9.40 Å². The molecule has 0 radical (unpaired) electrons. The average Bonchev–Trinajstić information content (AvgIpc) is 3.06. The van der Waals surface area contributed by atoms with Crippen molar-refractivity contribution in [2.24, 2.45) is 0 Å². The van der Waals surface area contributed by atoms with Crippen molar-refractivity contribution in [2.45, 2.75) is 52.9 Å². The molecule has 6 heteroatoms. The molecule has 2 aliphatic rings. The maximum Gasteiger partial charge on any atom is 0.228 e. The second kappa shape index (κ2) is 9.63. The fourth-order valence-corrected chi connectivity index (χ4v) is 3.51. The SMILES string of the molecule is CCCCN(CCCC)C(=O)CC1=C(c2ccc(F)cc2)NC2=CC=C(C)NN21. The van der Waals surface area contributed by atoms with Gasteiger partial charge in [-0.3, -0.25) is 10.2 Å². The van der Waals surface area contributed by atoms with Crippen LogP contribution in [0.15, 0.2) is 53.6 Å². The molecule has 0 spiro atoms. The van der Waals surface area contributed by atoms with Crippen molar-refractivity contribution in [3.8, 4) is 0 Å². The first-order chi connectivity index (χ1) is 14.0. The number of benzene rings is 1. The Morgan fingerprint density at radius 1 is 1.07 bits per heavy atom. The second-order valence-electron chi connectivity index (χ2n) is 7.57. The van der Waals surface area contributed by atoms with Gasteiger partial charge in [-0.15, -0.1) is 0 Å². The van der Waals surface area contributed by atoms with Crippen LogP contribution in [-0.4, -0.2) is 28.9 Å². The van der Waals surface area contributed by atoms with E-state index in [-0.39, 0.29) is 18.1 Å². The highest BCUT2D eigenvalue weighted by atomic mass is 19.1. The van der Waals surface area contributed by atoms with Gasteiger partial charge in [0.2, 0.25) is 5.91 Å². The summed E-state index contributed by atoms with van der Waals surface area (Å²) < 4.78 is 13.4. The number of rotatable bonds is 9. The predicted octanol–water partition coefficient (Wildman–Crippen LogP) is 4.48. The number of carbonyl (C=O) groups excluding carboxylic acids is 1. The molecule has 0 unspecified atom stereocenters. The molecule has 3 rings (SSSR count). The first-order valence-electron chi connectivity index (χ1n) is 10.5. The number of carbonyl (C=O) groups is 1. The summed E-state index contributed by atoms with van der Waals surface area (Å²) >= 11 is 0. The quantitative estimate of drug-likeness (QED) is 0.644. The van der Waals surface area contributed by atoms with Crippen LogP contribution in [0.4, 0.5) is 4.39 Å². The lowest BCUT2D eigenvalue weighted by molar-refractivity contribution is -0.130. The molecule has 29 heavy (non-hydrogen) atoms. The Kier molecular flexibility index (Phi) is 6.96. The number of unbranched alkanes of at least 4 members (excludes halogenated alkanes) is 2. The molecule has 156 valence electrons. The molecule has 0 fully saturated rings. The van der Waals surface area contributed by atoms with Gasteiger partial charge in [0, 0.05) is 24.4 Å². The number of fused-ring (bicyclic) bond motifs is 1. The van der Waals surface area contributed by atoms with Gasteiger partial charge in [-0.2, -0.15) is 0 Å². The summed E-state index contributed by atoms with van der Waals surface area (Å²) in [5, 5.41) is 5.33. The van der Waals surface area contributed by atoms with Gasteiger partial charge in [0.05, 0.1) is 17.8 Å². The van der Waals surface area contributed by atoms with Crippen LogP contribution in [0.1, 0.15) is 58.4 Å². The molecule has 0 atom stereocenters. The van der Waals surface area contributed by atoms with Gasteiger partial charge in [0.1, 0.15) is 11.6 Å². The normalized spacial score (nSPS) is 15.4. The van der Waals surface area contributed by atoms with E-state index in [0.29, 0.717) is 0 Å². The predicted molar refractivity (Wildman–Crippen MR) is 114 cm³/mol. The van der Waals surface area contributed by atoms with E-state index >= 15 is 0 Å². The van der Waals surface area contributed by atoms with E-state index in [0.717, 1.165) is 67.2 Å². The minimum Gasteiger partial charge on any atom is -0.342 e. The lowest BCUT2D eigenvalue weighted by Gasteiger charge is -2.29. The Labute approximate surface area is 172 Å². The molecule has 0 aromatic heterocycles. The van der Waals surface area contributed by atoms with Gasteiger partial charge in [-0.05, 0) is 56.2 Å². The topological polar surface area (TPSA) is 47.6 Å². The van der Waals surface area contributed by atoms with Gasteiger partial charge < -0.3 is 10.2 Å². The van der Waals surface area contributed by atoms with E-state index in [1.54, 1.807) is 12.1 Å². The van der Waals surface area contributed by atoms with Crippen LogP contribution in [0.25, 0.3) is 5.70 Å². The molecule has 0 saturated heterocycles. The Bertz CT molecular complexity index is 818. The largest absolute Gasteiger partial charge is 0.342 e. The molecule has 2 heterocycles. The summed E-state index contributed by atoms with van der Waals surface area (Å²) in [6.45, 7) is 7.84. The Morgan fingerprint density at radius 2 is 1.72 bits per heavy atom. The van der Waals surface area contributed by atoms with Crippen molar-refractivity contribution < 1.29 is 9.18 Å². The first kappa shape index (κ1) is 21.0. The van der Waals surface area contributed by atoms with E-state index in [1.807, 2.05) is 29.0 Å². The molecule has 1 amide bonds. The Morgan fingerprint density at radius 3 is 2.34 bits per heavy atom. The highest BCUT2D eigenvalue weighted by Crippen LogP contribution is 2.32. The van der Waals surface area contributed by atoms with Crippen LogP contribution in [0.3, 0.4) is 0 Å². The zero-order chi connectivity index (χ0) is 20.8. The standard InChI is InChI=1S/C23H31FN4O/c1-4-6-14-27(15-7-5-2)22(29)16-20-23(18-9-11-19(24)12-10-18)25-21-13-8-17(3)26-28(20)21/h8-13,25-26H,4-7,14-16H2,1-3H3. The number of hydrazine groups is 1. The third kappa shape index (κ3) is 5.00. The molecule has 1 aromatic rings. The van der Waals surface area contributed by atoms with Gasteiger partial charge >= 0.3 is 0 Å². The second-order valence-corrected chi connectivity index (χ2v) is 7.57. The molecule has 1 aromatic carbocycles. The molecule has 2 aliphatic heterocycles. The van der Waals surface area contributed by atoms with Crippen LogP contribution < -0.4 is 10.7 Å². The van der Waals surface area contributed by atoms with Crippen molar-refractivity contribution in [2.75, 3.05) is 13.1 Å². The minimum atomic E-state index is -0.275. The van der Waals surface area contributed by atoms with Crippen LogP contribution in [0, 0.1) is 5.82 Å². The lowest BCUT2D eigenvalue weighted by atomic mass is 10.1. The number of nitrogens with one attached hydrogen (secondary N) is 2. The van der Waals surface area contributed by atoms with E-state index < -0.39 is 0 Å². The molecule has 5 nitrogen and oxygen atoms in total. The minimum absolute atomic E-state index is 0.124. The van der Waals surface area contributed by atoms with Gasteiger partial charge in [-0.1, -0.05) is 26.7 Å². The van der Waals surface area contributed by atoms with Crippen LogP contribution in [0.5, 0.6) is 0 Å². The Balaban J connectivity index is 1.88. The van der Waals surface area contributed by atoms with Crippen molar-refractivity contribution >= 4 is 11.6 Å². The Hall–Kier alpha value is -2.76. The monoisotopic (exact) mass is 398 g/mol. The van der Waals surface area contributed by atoms with E-state index in [9.17, 15) is 9.18 Å². The maximum atomic E-state index is 13.4. The number of hydrogen-bond donors (Lipinski definition) is 2. The highest BCUT2D eigenvalue weighted by molar-refractivity contribution is 5.83. The summed E-state index contributed by atoms with van der Waals surface area (Å²) in [4.78, 5) is 15.2. The zero-order valence-corrected chi connectivity index (χ0v) is 17.6. The van der Waals surface area contributed by atoms with Gasteiger partial charge in [0.15, 0.2) is 0 Å². The smallest absolute Gasteiger partial charge is 0.228 e. The van der Waals surface area contributed by atoms with E-state index in [1.165, 1.54) is 12.1 Å². The van der Waals surface area contributed by atoms with Crippen LogP contribution in [-0.2, 0) is 4.79 Å². The average molecular weight is 399 g/mol. The zero-order valence-electron chi connectivity index (χ0n) is 17.6. The molecule has 0 aliphatic carbocycles. The lowest BCUT2D eigenvalue weighted by Crippen LogP contribution is -2.39. The van der Waals surface area contributed by atoms with E-state index in [2.05, 4.69) is 24.6 Å². The molecule has 0 bridgehead atoms. The first-order valence-corrected chi connectivity index (χ1v) is 10.5. The highest BCUT2D eigenvalue weighted by Gasteiger charge is 2.31. The van der Waals surface area contributed by atoms with Crippen molar-refractivity contribution in [3.63, 3.8) is 0 Å². The number of allylic oxidation sites excluding steroid dienone is 3. The summed E-state index contributed by atoms with van der Waals surface area (Å²) in [7, 11) is 0. The summed E-state index contributed by atoms with van der Waals surface area (Å²) in [6, 6.07) is 6.38. The maximum absolute atomic E-state index is 13.4. The third-order valence-electron chi connectivity index (χ3n) is 5.20. The van der Waals surface area contributed by atoms with Crippen molar-refractivity contribution in [1.29, 1.82) is 0 Å². The third-order valence-corrected chi connectivity index (χ3v) is 5.20. The molecular weight excluding hydrogens is 367 g/mol. The van der Waals surface area contributed by atoms with Crippen molar-refractivity contribution in [3.05, 3.63) is 65.0 Å². The van der Waals surface area contributed by atoms with Crippen molar-refractivity contribution in [1.82, 2.24) is 20.7 Å². The summed E-state index contributed by atoms with van der Waals surface area (Å²) in [5.74, 6) is 0.716. The van der Waals surface area contributed by atoms with Crippen LogP contribution >= 0.6 is 0 Å². The fraction of sp³-hybridized carbons (Fsp3) is 0.435. The fourth-order valence-electron chi connectivity index (χ4n) is 3.51. The number of halogens is 1. The molecule has 2 N–H and O–H groups in total. The number of amides is 1. The molecule has 0 saturated carbocycles. The number of hydrogen-bond acceptors (Lipinski definition) is 4. The van der Waals surface area contributed by atoms with Crippen LogP contribution in [0.2, 0.25) is 0 Å². The van der Waals surface area contributed by atoms with E-state index in [4.69, 9.17) is 0 Å². The number of nitrogens with zero attached hydrogens (tertiary/aromatic N) is 2. The van der Waals surface area contributed by atoms with Gasteiger partial charge in [0.25, 0.3) is 0 Å². The summed E-state index contributed by atoms with van der Waals surface area (Å²) in [6.07, 6.45) is 8.39.